The summed E-state index contributed by atoms with van der Waals surface area (Å²) < 4.78 is 1.26. The number of amides is 1. The number of fused-ring (bicyclic) bond motifs is 1. The Morgan fingerprint density at radius 3 is 2.86 bits per heavy atom. The Bertz CT molecular complexity index is 644. The predicted octanol–water partition coefficient (Wildman–Crippen LogP) is 2.82. The number of hydrogen-bond acceptors (Lipinski definition) is 4. The fraction of sp³-hybridized carbons (Fsp3) is 0.500. The molecule has 2 aromatic rings. The third-order valence-electron chi connectivity index (χ3n) is 4.25. The molecule has 1 aromatic carbocycles. The van der Waals surface area contributed by atoms with Gasteiger partial charge in [-0.15, -0.1) is 0 Å². The number of nitrogens with zero attached hydrogens (tertiary/aromatic N) is 2. The molecule has 4 nitrogen and oxygen atoms in total. The lowest BCUT2D eigenvalue weighted by Gasteiger charge is -2.30. The molecule has 3 rings (SSSR count). The molecule has 0 atom stereocenters. The van der Waals surface area contributed by atoms with Crippen molar-refractivity contribution in [3.8, 4) is 0 Å². The largest absolute Gasteiger partial charge is 0.359 e. The summed E-state index contributed by atoms with van der Waals surface area (Å²) in [6.07, 6.45) is 2.84. The van der Waals surface area contributed by atoms with Gasteiger partial charge >= 0.3 is 0 Å². The third-order valence-corrected chi connectivity index (χ3v) is 5.34. The van der Waals surface area contributed by atoms with Crippen LogP contribution in [-0.4, -0.2) is 31.0 Å². The van der Waals surface area contributed by atoms with Gasteiger partial charge in [-0.2, -0.15) is 0 Å². The fourth-order valence-corrected chi connectivity index (χ4v) is 4.02. The van der Waals surface area contributed by atoms with Gasteiger partial charge in [-0.1, -0.05) is 30.4 Å². The second-order valence-electron chi connectivity index (χ2n) is 5.49. The number of hydrogen-bond donors (Lipinski definition) is 1. The Balaban J connectivity index is 1.78. The highest BCUT2D eigenvalue weighted by molar-refractivity contribution is 7.22. The van der Waals surface area contributed by atoms with Gasteiger partial charge in [0.1, 0.15) is 0 Å². The van der Waals surface area contributed by atoms with Crippen molar-refractivity contribution >= 4 is 32.6 Å². The lowest BCUT2D eigenvalue weighted by Crippen LogP contribution is -2.39. The van der Waals surface area contributed by atoms with E-state index in [-0.39, 0.29) is 11.8 Å². The van der Waals surface area contributed by atoms with E-state index in [1.54, 1.807) is 18.4 Å². The molecule has 5 heteroatoms. The Labute approximate surface area is 129 Å². The van der Waals surface area contributed by atoms with E-state index in [2.05, 4.69) is 35.3 Å². The summed E-state index contributed by atoms with van der Waals surface area (Å²) in [5, 5.41) is 3.85. The quantitative estimate of drug-likeness (QED) is 0.948. The van der Waals surface area contributed by atoms with Gasteiger partial charge in [0.15, 0.2) is 5.13 Å². The topological polar surface area (TPSA) is 45.2 Å². The highest BCUT2D eigenvalue weighted by atomic mass is 32.1. The predicted molar refractivity (Wildman–Crippen MR) is 88.0 cm³/mol. The summed E-state index contributed by atoms with van der Waals surface area (Å²) in [4.78, 5) is 18.9. The van der Waals surface area contributed by atoms with Gasteiger partial charge in [0.05, 0.1) is 10.2 Å². The lowest BCUT2D eigenvalue weighted by atomic mass is 9.96. The van der Waals surface area contributed by atoms with Gasteiger partial charge < -0.3 is 10.2 Å². The van der Waals surface area contributed by atoms with Crippen LogP contribution in [0.2, 0.25) is 0 Å². The summed E-state index contributed by atoms with van der Waals surface area (Å²) in [6.45, 7) is 4.00. The smallest absolute Gasteiger partial charge is 0.222 e. The lowest BCUT2D eigenvalue weighted by molar-refractivity contribution is -0.125. The zero-order chi connectivity index (χ0) is 14.8. The Morgan fingerprint density at radius 1 is 1.43 bits per heavy atom. The molecule has 0 bridgehead atoms. The van der Waals surface area contributed by atoms with Crippen molar-refractivity contribution in [2.45, 2.75) is 26.2 Å². The van der Waals surface area contributed by atoms with Crippen molar-refractivity contribution in [2.24, 2.45) is 5.92 Å². The molecule has 1 saturated heterocycles. The van der Waals surface area contributed by atoms with Crippen molar-refractivity contribution in [1.29, 1.82) is 0 Å². The summed E-state index contributed by atoms with van der Waals surface area (Å²) >= 11 is 1.76. The average Bonchev–Trinajstić information content (AvgIpc) is 2.98. The zero-order valence-corrected chi connectivity index (χ0v) is 13.4. The maximum absolute atomic E-state index is 11.7. The van der Waals surface area contributed by atoms with Crippen LogP contribution in [0.4, 0.5) is 5.13 Å². The number of anilines is 1. The van der Waals surface area contributed by atoms with Crippen LogP contribution in [0.15, 0.2) is 18.2 Å². The standard InChI is InChI=1S/C16H21N3OS/c1-3-11-5-4-6-13-14(11)18-16(21-13)19-9-7-12(8-10-19)15(20)17-2/h4-6,12H,3,7-10H2,1-2H3,(H,17,20). The molecule has 112 valence electrons. The molecule has 21 heavy (non-hydrogen) atoms. The summed E-state index contributed by atoms with van der Waals surface area (Å²) in [5.41, 5.74) is 2.46. The fourth-order valence-electron chi connectivity index (χ4n) is 2.95. The van der Waals surface area contributed by atoms with Crippen LogP contribution in [0.3, 0.4) is 0 Å². The van der Waals surface area contributed by atoms with Crippen LogP contribution in [-0.2, 0) is 11.2 Å². The molecule has 1 fully saturated rings. The number of rotatable bonds is 3. The number of aromatic nitrogens is 1. The number of carbonyl (C=O) groups excluding carboxylic acids is 1. The van der Waals surface area contributed by atoms with Crippen LogP contribution < -0.4 is 10.2 Å². The van der Waals surface area contributed by atoms with E-state index in [0.717, 1.165) is 43.0 Å². The molecule has 1 aromatic heterocycles. The van der Waals surface area contributed by atoms with Gasteiger partial charge in [0.2, 0.25) is 5.91 Å². The van der Waals surface area contributed by atoms with E-state index >= 15 is 0 Å². The molecule has 0 saturated carbocycles. The molecule has 0 unspecified atom stereocenters. The van der Waals surface area contributed by atoms with Crippen molar-refractivity contribution in [2.75, 3.05) is 25.0 Å². The highest BCUT2D eigenvalue weighted by Crippen LogP contribution is 2.33. The first-order chi connectivity index (χ1) is 10.2. The summed E-state index contributed by atoms with van der Waals surface area (Å²) in [6, 6.07) is 6.41. The van der Waals surface area contributed by atoms with Crippen LogP contribution in [0.25, 0.3) is 10.2 Å². The first kappa shape index (κ1) is 14.3. The van der Waals surface area contributed by atoms with Crippen LogP contribution in [0.5, 0.6) is 0 Å². The van der Waals surface area contributed by atoms with Crippen LogP contribution in [0.1, 0.15) is 25.3 Å². The Morgan fingerprint density at radius 2 is 2.19 bits per heavy atom. The normalized spacial score (nSPS) is 16.4. The monoisotopic (exact) mass is 303 g/mol. The van der Waals surface area contributed by atoms with Crippen LogP contribution in [0, 0.1) is 5.92 Å². The molecule has 0 aliphatic carbocycles. The van der Waals surface area contributed by atoms with Gasteiger partial charge in [-0.05, 0) is 30.9 Å². The molecule has 1 aliphatic rings. The second-order valence-corrected chi connectivity index (χ2v) is 6.50. The molecule has 1 N–H and O–H groups in total. The summed E-state index contributed by atoms with van der Waals surface area (Å²) in [7, 11) is 1.72. The molecule has 1 aliphatic heterocycles. The number of nitrogens with one attached hydrogen (secondary N) is 1. The third kappa shape index (κ3) is 2.75. The number of benzene rings is 1. The minimum Gasteiger partial charge on any atom is -0.359 e. The molecule has 0 radical (unpaired) electrons. The second kappa shape index (κ2) is 6.02. The van der Waals surface area contributed by atoms with Crippen LogP contribution >= 0.6 is 11.3 Å². The van der Waals surface area contributed by atoms with Crippen molar-refractivity contribution in [3.63, 3.8) is 0 Å². The highest BCUT2D eigenvalue weighted by Gasteiger charge is 2.25. The molecule has 1 amide bonds. The Kier molecular flexibility index (Phi) is 4.10. The first-order valence-electron chi connectivity index (χ1n) is 7.58. The van der Waals surface area contributed by atoms with E-state index in [1.165, 1.54) is 10.3 Å². The van der Waals surface area contributed by atoms with Gasteiger partial charge in [-0.25, -0.2) is 4.98 Å². The van der Waals surface area contributed by atoms with E-state index in [0.29, 0.717) is 0 Å². The van der Waals surface area contributed by atoms with E-state index in [9.17, 15) is 4.79 Å². The number of aryl methyl sites for hydroxylation is 1. The van der Waals surface area contributed by atoms with Gasteiger partial charge in [0.25, 0.3) is 0 Å². The van der Waals surface area contributed by atoms with E-state index < -0.39 is 0 Å². The van der Waals surface area contributed by atoms with E-state index in [1.807, 2.05) is 0 Å². The zero-order valence-electron chi connectivity index (χ0n) is 12.6. The van der Waals surface area contributed by atoms with Gasteiger partial charge in [-0.3, -0.25) is 4.79 Å². The minimum atomic E-state index is 0.159. The average molecular weight is 303 g/mol. The molecular formula is C16H21N3OS. The molecule has 2 heterocycles. The number of carbonyl (C=O) groups is 1. The number of para-hydroxylation sites is 1. The number of thiazole rings is 1. The maximum atomic E-state index is 11.7. The SMILES string of the molecule is CCc1cccc2sc(N3CCC(C(=O)NC)CC3)nc12. The van der Waals surface area contributed by atoms with Crippen molar-refractivity contribution < 1.29 is 4.79 Å². The molecule has 0 spiro atoms. The first-order valence-corrected chi connectivity index (χ1v) is 8.39. The van der Waals surface area contributed by atoms with Crippen molar-refractivity contribution in [3.05, 3.63) is 23.8 Å². The maximum Gasteiger partial charge on any atom is 0.222 e. The Hall–Kier alpha value is -1.62. The number of piperidine rings is 1. The molecular weight excluding hydrogens is 282 g/mol. The van der Waals surface area contributed by atoms with Crippen molar-refractivity contribution in [1.82, 2.24) is 10.3 Å². The van der Waals surface area contributed by atoms with Gasteiger partial charge in [0, 0.05) is 26.1 Å². The minimum absolute atomic E-state index is 0.159. The van der Waals surface area contributed by atoms with E-state index in [4.69, 9.17) is 4.98 Å². The summed E-state index contributed by atoms with van der Waals surface area (Å²) in [5.74, 6) is 0.332.